The summed E-state index contributed by atoms with van der Waals surface area (Å²) in [5.41, 5.74) is 4.56. The highest BCUT2D eigenvalue weighted by atomic mass is 16.1. The van der Waals surface area contributed by atoms with Crippen LogP contribution in [0.15, 0.2) is 60.7 Å². The molecule has 4 rings (SSSR count). The molecule has 3 aromatic rings. The van der Waals surface area contributed by atoms with E-state index in [2.05, 4.69) is 48.5 Å². The van der Waals surface area contributed by atoms with Crippen LogP contribution in [-0.2, 0) is 6.42 Å². The standard InChI is InChI=1S/C20H16O/c1-13-12-19-17(10-5-11-18(19)20(13)21)16-9-4-7-14-6-2-3-8-15(14)16/h2-11,13H,12H2,1H3. The average molecular weight is 272 g/mol. The quantitative estimate of drug-likeness (QED) is 0.617. The lowest BCUT2D eigenvalue weighted by atomic mass is 9.93. The number of fused-ring (bicyclic) bond motifs is 2. The van der Waals surface area contributed by atoms with Crippen LogP contribution in [0, 0.1) is 5.92 Å². The molecule has 0 amide bonds. The number of hydrogen-bond donors (Lipinski definition) is 0. The van der Waals surface area contributed by atoms with E-state index in [9.17, 15) is 4.79 Å². The molecule has 21 heavy (non-hydrogen) atoms. The van der Waals surface area contributed by atoms with Gasteiger partial charge in [0.2, 0.25) is 0 Å². The molecule has 0 heterocycles. The van der Waals surface area contributed by atoms with Crippen molar-refractivity contribution in [2.24, 2.45) is 5.92 Å². The lowest BCUT2D eigenvalue weighted by Gasteiger charge is -2.11. The van der Waals surface area contributed by atoms with Crippen molar-refractivity contribution in [3.63, 3.8) is 0 Å². The molecule has 0 radical (unpaired) electrons. The smallest absolute Gasteiger partial charge is 0.166 e. The molecule has 0 aromatic heterocycles. The van der Waals surface area contributed by atoms with Gasteiger partial charge in [0, 0.05) is 11.5 Å². The van der Waals surface area contributed by atoms with Gasteiger partial charge in [-0.3, -0.25) is 4.79 Å². The van der Waals surface area contributed by atoms with Crippen LogP contribution in [0.25, 0.3) is 21.9 Å². The largest absolute Gasteiger partial charge is 0.294 e. The highest BCUT2D eigenvalue weighted by Crippen LogP contribution is 2.37. The van der Waals surface area contributed by atoms with Crippen molar-refractivity contribution in [1.29, 1.82) is 0 Å². The summed E-state index contributed by atoms with van der Waals surface area (Å²) in [7, 11) is 0. The van der Waals surface area contributed by atoms with Crippen LogP contribution < -0.4 is 0 Å². The SMILES string of the molecule is CC1Cc2c(cccc2-c2cccc3ccccc23)C1=O. The topological polar surface area (TPSA) is 17.1 Å². The first-order valence-electron chi connectivity index (χ1n) is 7.40. The van der Waals surface area contributed by atoms with Gasteiger partial charge in [0.15, 0.2) is 5.78 Å². The minimum absolute atomic E-state index is 0.108. The highest BCUT2D eigenvalue weighted by molar-refractivity contribution is 6.06. The molecule has 1 heteroatoms. The molecule has 1 atom stereocenters. The Labute approximate surface area is 124 Å². The molecule has 1 aliphatic carbocycles. The zero-order valence-electron chi connectivity index (χ0n) is 12.0. The summed E-state index contributed by atoms with van der Waals surface area (Å²) in [4.78, 5) is 12.2. The summed E-state index contributed by atoms with van der Waals surface area (Å²) in [5.74, 6) is 0.392. The Morgan fingerprint density at radius 3 is 2.38 bits per heavy atom. The third-order valence-electron chi connectivity index (χ3n) is 4.48. The van der Waals surface area contributed by atoms with Crippen molar-refractivity contribution in [2.75, 3.05) is 0 Å². The first kappa shape index (κ1) is 12.3. The summed E-state index contributed by atoms with van der Waals surface area (Å²) in [6.45, 7) is 2.02. The molecule has 0 saturated carbocycles. The molecule has 1 nitrogen and oxygen atoms in total. The van der Waals surface area contributed by atoms with Crippen LogP contribution in [0.1, 0.15) is 22.8 Å². The van der Waals surface area contributed by atoms with Crippen molar-refractivity contribution in [2.45, 2.75) is 13.3 Å². The van der Waals surface area contributed by atoms with Gasteiger partial charge >= 0.3 is 0 Å². The van der Waals surface area contributed by atoms with Gasteiger partial charge in [0.1, 0.15) is 0 Å². The molecule has 0 N–H and O–H groups in total. The summed E-state index contributed by atoms with van der Waals surface area (Å²) in [5, 5.41) is 2.49. The van der Waals surface area contributed by atoms with Crippen LogP contribution in [0.2, 0.25) is 0 Å². The fraction of sp³-hybridized carbons (Fsp3) is 0.150. The summed E-state index contributed by atoms with van der Waals surface area (Å²) in [6, 6.07) is 20.9. The Morgan fingerprint density at radius 1 is 0.810 bits per heavy atom. The number of carbonyl (C=O) groups is 1. The fourth-order valence-electron chi connectivity index (χ4n) is 3.41. The lowest BCUT2D eigenvalue weighted by molar-refractivity contribution is 0.0946. The molecule has 0 fully saturated rings. The molecule has 3 aromatic carbocycles. The van der Waals surface area contributed by atoms with E-state index in [0.717, 1.165) is 12.0 Å². The molecular formula is C20H16O. The fourth-order valence-corrected chi connectivity index (χ4v) is 3.41. The van der Waals surface area contributed by atoms with Gasteiger partial charge in [0.25, 0.3) is 0 Å². The summed E-state index contributed by atoms with van der Waals surface area (Å²) < 4.78 is 0. The first-order valence-corrected chi connectivity index (χ1v) is 7.40. The molecule has 0 saturated heterocycles. The van der Waals surface area contributed by atoms with E-state index in [0.29, 0.717) is 0 Å². The van der Waals surface area contributed by atoms with E-state index in [1.165, 1.54) is 27.5 Å². The second-order valence-corrected chi connectivity index (χ2v) is 5.83. The third kappa shape index (κ3) is 1.81. The normalized spacial score (nSPS) is 17.2. The van der Waals surface area contributed by atoms with Gasteiger partial charge in [-0.15, -0.1) is 0 Å². The predicted octanol–water partition coefficient (Wildman–Crippen LogP) is 4.88. The Hall–Kier alpha value is -2.41. The number of rotatable bonds is 1. The minimum Gasteiger partial charge on any atom is -0.294 e. The molecular weight excluding hydrogens is 256 g/mol. The van der Waals surface area contributed by atoms with Crippen molar-refractivity contribution in [1.82, 2.24) is 0 Å². The van der Waals surface area contributed by atoms with Gasteiger partial charge in [-0.2, -0.15) is 0 Å². The first-order chi connectivity index (χ1) is 10.3. The van der Waals surface area contributed by atoms with Gasteiger partial charge in [-0.1, -0.05) is 67.6 Å². The second-order valence-electron chi connectivity index (χ2n) is 5.83. The van der Waals surface area contributed by atoms with Crippen molar-refractivity contribution in [3.05, 3.63) is 71.8 Å². The number of hydrogen-bond acceptors (Lipinski definition) is 1. The zero-order valence-corrected chi connectivity index (χ0v) is 12.0. The second kappa shape index (κ2) is 4.56. The van der Waals surface area contributed by atoms with E-state index in [-0.39, 0.29) is 11.7 Å². The van der Waals surface area contributed by atoms with Crippen LogP contribution >= 0.6 is 0 Å². The molecule has 102 valence electrons. The van der Waals surface area contributed by atoms with E-state index < -0.39 is 0 Å². The van der Waals surface area contributed by atoms with Crippen LogP contribution in [0.3, 0.4) is 0 Å². The molecule has 0 aliphatic heterocycles. The Kier molecular flexibility index (Phi) is 2.68. The van der Waals surface area contributed by atoms with Crippen molar-refractivity contribution in [3.8, 4) is 11.1 Å². The van der Waals surface area contributed by atoms with Crippen LogP contribution in [0.5, 0.6) is 0 Å². The molecule has 0 bridgehead atoms. The maximum absolute atomic E-state index is 12.2. The average Bonchev–Trinajstić information content (AvgIpc) is 2.82. The maximum Gasteiger partial charge on any atom is 0.166 e. The summed E-state index contributed by atoms with van der Waals surface area (Å²) in [6.07, 6.45) is 0.855. The number of benzene rings is 3. The minimum atomic E-state index is 0.108. The van der Waals surface area contributed by atoms with E-state index in [4.69, 9.17) is 0 Å². The number of carbonyl (C=O) groups excluding carboxylic acids is 1. The molecule has 0 spiro atoms. The van der Waals surface area contributed by atoms with Gasteiger partial charge in [0.05, 0.1) is 0 Å². The Bertz CT molecular complexity index is 855. The zero-order chi connectivity index (χ0) is 14.4. The van der Waals surface area contributed by atoms with Crippen LogP contribution in [0.4, 0.5) is 0 Å². The third-order valence-corrected chi connectivity index (χ3v) is 4.48. The van der Waals surface area contributed by atoms with Gasteiger partial charge in [-0.25, -0.2) is 0 Å². The Morgan fingerprint density at radius 2 is 1.48 bits per heavy atom. The van der Waals surface area contributed by atoms with Crippen LogP contribution in [-0.4, -0.2) is 5.78 Å². The predicted molar refractivity (Wildman–Crippen MR) is 86.6 cm³/mol. The lowest BCUT2D eigenvalue weighted by Crippen LogP contribution is -2.02. The number of Topliss-reactive ketones (excluding diaryl/α,β-unsaturated/α-hetero) is 1. The van der Waals surface area contributed by atoms with E-state index >= 15 is 0 Å². The summed E-state index contributed by atoms with van der Waals surface area (Å²) >= 11 is 0. The van der Waals surface area contributed by atoms with Crippen molar-refractivity contribution < 1.29 is 4.79 Å². The van der Waals surface area contributed by atoms with Crippen molar-refractivity contribution >= 4 is 16.6 Å². The van der Waals surface area contributed by atoms with Gasteiger partial charge < -0.3 is 0 Å². The monoisotopic (exact) mass is 272 g/mol. The van der Waals surface area contributed by atoms with E-state index in [1.54, 1.807) is 0 Å². The molecule has 1 unspecified atom stereocenters. The van der Waals surface area contributed by atoms with E-state index in [1.807, 2.05) is 19.1 Å². The highest BCUT2D eigenvalue weighted by Gasteiger charge is 2.29. The van der Waals surface area contributed by atoms with Gasteiger partial charge in [-0.05, 0) is 33.9 Å². The molecule has 1 aliphatic rings. The Balaban J connectivity index is 2.02. The number of ketones is 1. The maximum atomic E-state index is 12.2.